The first-order valence-electron chi connectivity index (χ1n) is 4.28. The first kappa shape index (κ1) is 9.86. The number of carbonyl (C=O) groups excluding carboxylic acids is 2. The third-order valence-electron chi connectivity index (χ3n) is 2.09. The molecule has 0 bridgehead atoms. The maximum atomic E-state index is 11.2. The van der Waals surface area contributed by atoms with Crippen LogP contribution in [-0.4, -0.2) is 22.0 Å². The predicted octanol–water partition coefficient (Wildman–Crippen LogP) is 2.16. The molecule has 0 fully saturated rings. The average molecular weight is 223 g/mol. The second kappa shape index (κ2) is 3.47. The number of carbonyl (C=O) groups is 2. The van der Waals surface area contributed by atoms with Gasteiger partial charge in [-0.05, 0) is 18.2 Å². The number of hydrogen-bond acceptors (Lipinski definition) is 3. The highest BCUT2D eigenvalue weighted by Gasteiger charge is 2.11. The number of aromatic nitrogens is 2. The van der Waals surface area contributed by atoms with Gasteiger partial charge in [0.1, 0.15) is 6.29 Å². The molecule has 2 rings (SSSR count). The van der Waals surface area contributed by atoms with Crippen LogP contribution in [0.2, 0.25) is 5.15 Å². The van der Waals surface area contributed by atoms with Gasteiger partial charge in [-0.25, -0.2) is 0 Å². The van der Waals surface area contributed by atoms with Gasteiger partial charge in [-0.1, -0.05) is 11.6 Å². The smallest absolute Gasteiger partial charge is 0.244 e. The number of fused-ring (bicyclic) bond motifs is 1. The summed E-state index contributed by atoms with van der Waals surface area (Å²) in [7, 11) is 0. The maximum Gasteiger partial charge on any atom is 0.244 e. The Hall–Kier alpha value is -1.68. The molecule has 0 unspecified atom stereocenters. The molecule has 0 saturated carbocycles. The molecule has 0 N–H and O–H groups in total. The summed E-state index contributed by atoms with van der Waals surface area (Å²) >= 11 is 5.85. The van der Waals surface area contributed by atoms with Crippen LogP contribution in [0.3, 0.4) is 0 Å². The largest absolute Gasteiger partial charge is 0.298 e. The van der Waals surface area contributed by atoms with Gasteiger partial charge in [0, 0.05) is 17.9 Å². The minimum absolute atomic E-state index is 0.217. The van der Waals surface area contributed by atoms with Crippen molar-refractivity contribution in [3.8, 4) is 0 Å². The highest BCUT2D eigenvalue weighted by Crippen LogP contribution is 2.23. The summed E-state index contributed by atoms with van der Waals surface area (Å²) in [5.74, 6) is -0.217. The monoisotopic (exact) mass is 222 g/mol. The molecule has 0 amide bonds. The summed E-state index contributed by atoms with van der Waals surface area (Å²) in [4.78, 5) is 21.8. The molecule has 0 aliphatic heterocycles. The number of rotatable bonds is 1. The van der Waals surface area contributed by atoms with Gasteiger partial charge >= 0.3 is 0 Å². The van der Waals surface area contributed by atoms with E-state index in [-0.39, 0.29) is 11.1 Å². The van der Waals surface area contributed by atoms with E-state index in [1.165, 1.54) is 11.6 Å². The lowest BCUT2D eigenvalue weighted by molar-refractivity contribution is 0.0926. The number of nitrogens with zero attached hydrogens (tertiary/aromatic N) is 2. The zero-order chi connectivity index (χ0) is 11.0. The van der Waals surface area contributed by atoms with Crippen molar-refractivity contribution in [1.29, 1.82) is 0 Å². The van der Waals surface area contributed by atoms with E-state index in [0.29, 0.717) is 16.5 Å². The number of halogens is 1. The molecule has 5 heteroatoms. The molecule has 1 aromatic heterocycles. The van der Waals surface area contributed by atoms with Crippen molar-refractivity contribution >= 4 is 34.7 Å². The molecule has 1 heterocycles. The Morgan fingerprint density at radius 3 is 2.87 bits per heavy atom. The lowest BCUT2D eigenvalue weighted by Gasteiger charge is -1.96. The molecule has 0 aliphatic rings. The van der Waals surface area contributed by atoms with Crippen molar-refractivity contribution in [3.63, 3.8) is 0 Å². The van der Waals surface area contributed by atoms with Crippen LogP contribution < -0.4 is 0 Å². The minimum Gasteiger partial charge on any atom is -0.298 e. The third kappa shape index (κ3) is 1.53. The van der Waals surface area contributed by atoms with Crippen molar-refractivity contribution in [3.05, 3.63) is 28.9 Å². The highest BCUT2D eigenvalue weighted by atomic mass is 35.5. The van der Waals surface area contributed by atoms with Crippen LogP contribution in [0.4, 0.5) is 0 Å². The van der Waals surface area contributed by atoms with Gasteiger partial charge in [0.25, 0.3) is 0 Å². The first-order valence-corrected chi connectivity index (χ1v) is 4.65. The summed E-state index contributed by atoms with van der Waals surface area (Å²) in [6, 6.07) is 4.88. The van der Waals surface area contributed by atoms with E-state index < -0.39 is 0 Å². The van der Waals surface area contributed by atoms with E-state index in [1.807, 2.05) is 0 Å². The van der Waals surface area contributed by atoms with Crippen LogP contribution in [0.25, 0.3) is 10.9 Å². The Kier molecular flexibility index (Phi) is 2.28. The van der Waals surface area contributed by atoms with Gasteiger partial charge in [0.15, 0.2) is 5.15 Å². The number of aldehydes is 1. The first-order chi connectivity index (χ1) is 7.13. The zero-order valence-electron chi connectivity index (χ0n) is 7.90. The van der Waals surface area contributed by atoms with E-state index in [9.17, 15) is 9.59 Å². The molecular weight excluding hydrogens is 216 g/mol. The van der Waals surface area contributed by atoms with Crippen LogP contribution in [0.1, 0.15) is 22.1 Å². The topological polar surface area (TPSA) is 52.0 Å². The van der Waals surface area contributed by atoms with E-state index in [0.717, 1.165) is 6.29 Å². The lowest BCUT2D eigenvalue weighted by atomic mass is 10.2. The van der Waals surface area contributed by atoms with Crippen molar-refractivity contribution < 1.29 is 9.59 Å². The molecule has 0 radical (unpaired) electrons. The van der Waals surface area contributed by atoms with Crippen LogP contribution >= 0.6 is 11.6 Å². The van der Waals surface area contributed by atoms with Crippen LogP contribution in [0.5, 0.6) is 0 Å². The normalized spacial score (nSPS) is 10.5. The van der Waals surface area contributed by atoms with Crippen molar-refractivity contribution in [1.82, 2.24) is 9.78 Å². The summed E-state index contributed by atoms with van der Waals surface area (Å²) in [6.07, 6.45) is 0.723. The van der Waals surface area contributed by atoms with Crippen LogP contribution in [0, 0.1) is 0 Å². The highest BCUT2D eigenvalue weighted by molar-refractivity contribution is 6.34. The SMILES string of the molecule is CC(=O)n1nc(Cl)c2cc(C=O)ccc21. The Bertz CT molecular complexity index is 560. The van der Waals surface area contributed by atoms with E-state index in [4.69, 9.17) is 11.6 Å². The standard InChI is InChI=1S/C10H7ClN2O2/c1-6(15)13-9-3-2-7(5-14)4-8(9)10(11)12-13/h2-5H,1H3. The van der Waals surface area contributed by atoms with Gasteiger partial charge in [-0.2, -0.15) is 9.78 Å². The van der Waals surface area contributed by atoms with Gasteiger partial charge in [0.05, 0.1) is 5.52 Å². The average Bonchev–Trinajstić information content (AvgIpc) is 2.56. The lowest BCUT2D eigenvalue weighted by Crippen LogP contribution is -2.06. The molecule has 0 aliphatic carbocycles. The fourth-order valence-electron chi connectivity index (χ4n) is 1.41. The number of benzene rings is 1. The Morgan fingerprint density at radius 2 is 2.27 bits per heavy atom. The van der Waals surface area contributed by atoms with Gasteiger partial charge in [-0.15, -0.1) is 0 Å². The van der Waals surface area contributed by atoms with Crippen molar-refractivity contribution in [2.75, 3.05) is 0 Å². The molecule has 15 heavy (non-hydrogen) atoms. The Labute approximate surface area is 90.4 Å². The Balaban J connectivity index is 2.80. The van der Waals surface area contributed by atoms with Crippen LogP contribution in [-0.2, 0) is 0 Å². The summed E-state index contributed by atoms with van der Waals surface area (Å²) in [5.41, 5.74) is 1.12. The second-order valence-electron chi connectivity index (χ2n) is 3.12. The molecule has 0 atom stereocenters. The number of hydrogen-bond donors (Lipinski definition) is 0. The summed E-state index contributed by atoms with van der Waals surface area (Å²) < 4.78 is 1.21. The molecule has 2 aromatic rings. The molecule has 76 valence electrons. The fraction of sp³-hybridized carbons (Fsp3) is 0.100. The molecular formula is C10H7ClN2O2. The predicted molar refractivity (Wildman–Crippen MR) is 56.4 cm³/mol. The molecule has 0 spiro atoms. The Morgan fingerprint density at radius 1 is 1.53 bits per heavy atom. The minimum atomic E-state index is -0.217. The van der Waals surface area contributed by atoms with Crippen molar-refractivity contribution in [2.45, 2.75) is 6.92 Å². The van der Waals surface area contributed by atoms with Gasteiger partial charge in [0.2, 0.25) is 5.91 Å². The second-order valence-corrected chi connectivity index (χ2v) is 3.47. The quantitative estimate of drug-likeness (QED) is 0.695. The van der Waals surface area contributed by atoms with Crippen LogP contribution in [0.15, 0.2) is 18.2 Å². The molecule has 4 nitrogen and oxygen atoms in total. The molecule has 1 aromatic carbocycles. The van der Waals surface area contributed by atoms with E-state index in [1.54, 1.807) is 18.2 Å². The summed E-state index contributed by atoms with van der Waals surface area (Å²) in [6.45, 7) is 1.40. The van der Waals surface area contributed by atoms with Gasteiger partial charge < -0.3 is 0 Å². The molecule has 0 saturated heterocycles. The zero-order valence-corrected chi connectivity index (χ0v) is 8.65. The van der Waals surface area contributed by atoms with Gasteiger partial charge in [-0.3, -0.25) is 9.59 Å². The summed E-state index contributed by atoms with van der Waals surface area (Å²) in [5, 5.41) is 4.71. The fourth-order valence-corrected chi connectivity index (χ4v) is 1.64. The van der Waals surface area contributed by atoms with E-state index in [2.05, 4.69) is 5.10 Å². The maximum absolute atomic E-state index is 11.2. The van der Waals surface area contributed by atoms with Crippen molar-refractivity contribution in [2.24, 2.45) is 0 Å². The van der Waals surface area contributed by atoms with E-state index >= 15 is 0 Å². The third-order valence-corrected chi connectivity index (χ3v) is 2.37.